The number of hydrogen-bond donors (Lipinski definition) is 1. The maximum Gasteiger partial charge on any atom is 0.259 e. The molecule has 0 saturated carbocycles. The highest BCUT2D eigenvalue weighted by Crippen LogP contribution is 2.28. The van der Waals surface area contributed by atoms with Gasteiger partial charge in [0.2, 0.25) is 0 Å². The lowest BCUT2D eigenvalue weighted by Crippen LogP contribution is -2.49. The van der Waals surface area contributed by atoms with Crippen molar-refractivity contribution in [3.63, 3.8) is 0 Å². The van der Waals surface area contributed by atoms with Gasteiger partial charge < -0.3 is 5.32 Å². The van der Waals surface area contributed by atoms with Crippen LogP contribution < -0.4 is 10.2 Å². The Labute approximate surface area is 184 Å². The maximum absolute atomic E-state index is 13.6. The van der Waals surface area contributed by atoms with Crippen LogP contribution in [0.2, 0.25) is 5.02 Å². The number of pyridine rings is 1. The molecule has 31 heavy (non-hydrogen) atoms. The molecule has 1 saturated heterocycles. The fourth-order valence-corrected chi connectivity index (χ4v) is 4.20. The first-order valence-electron chi connectivity index (χ1n) is 10.3. The van der Waals surface area contributed by atoms with Gasteiger partial charge in [-0.25, -0.2) is 9.67 Å². The van der Waals surface area contributed by atoms with E-state index in [1.165, 1.54) is 0 Å². The molecule has 3 heterocycles. The SMILES string of the molecule is O=C(c1ccc(-n2nnc3ccccc32)cc1)N(c1ncccc1Cl)[C@@H]1CCCNC1. The number of amides is 1. The van der Waals surface area contributed by atoms with Crippen molar-refractivity contribution in [3.05, 3.63) is 77.4 Å². The van der Waals surface area contributed by atoms with Gasteiger partial charge in [-0.1, -0.05) is 28.9 Å². The van der Waals surface area contributed by atoms with Gasteiger partial charge in [0.15, 0.2) is 5.82 Å². The van der Waals surface area contributed by atoms with Crippen LogP contribution >= 0.6 is 11.6 Å². The van der Waals surface area contributed by atoms with E-state index in [1.54, 1.807) is 27.9 Å². The fourth-order valence-electron chi connectivity index (χ4n) is 3.99. The van der Waals surface area contributed by atoms with Crippen LogP contribution in [0.25, 0.3) is 16.7 Å². The Morgan fingerprint density at radius 1 is 1.10 bits per heavy atom. The van der Waals surface area contributed by atoms with Crippen LogP contribution in [0.5, 0.6) is 0 Å². The zero-order chi connectivity index (χ0) is 21.2. The molecule has 4 aromatic rings. The Kier molecular flexibility index (Phi) is 5.36. The van der Waals surface area contributed by atoms with Crippen molar-refractivity contribution in [1.29, 1.82) is 0 Å². The number of halogens is 1. The highest BCUT2D eigenvalue weighted by molar-refractivity contribution is 6.33. The Hall–Kier alpha value is -3.29. The Balaban J connectivity index is 1.48. The third-order valence-electron chi connectivity index (χ3n) is 5.53. The van der Waals surface area contributed by atoms with Crippen LogP contribution in [0.15, 0.2) is 66.9 Å². The van der Waals surface area contributed by atoms with Crippen molar-refractivity contribution >= 4 is 34.4 Å². The van der Waals surface area contributed by atoms with Crippen LogP contribution in [0, 0.1) is 0 Å². The lowest BCUT2D eigenvalue weighted by Gasteiger charge is -2.34. The number of para-hydroxylation sites is 1. The van der Waals surface area contributed by atoms with E-state index in [4.69, 9.17) is 11.6 Å². The van der Waals surface area contributed by atoms with E-state index in [0.717, 1.165) is 36.1 Å². The standard InChI is InChI=1S/C23H21ClN6O/c24-19-6-4-14-26-22(19)29(18-5-3-13-25-15-18)23(31)16-9-11-17(12-10-16)30-21-8-2-1-7-20(21)27-28-30/h1-2,4,6-12,14,18,25H,3,5,13,15H2/t18-/m1/s1. The van der Waals surface area contributed by atoms with Gasteiger partial charge in [-0.2, -0.15) is 0 Å². The predicted octanol–water partition coefficient (Wildman–Crippen LogP) is 3.87. The molecule has 7 nitrogen and oxygen atoms in total. The zero-order valence-electron chi connectivity index (χ0n) is 16.8. The number of anilines is 1. The molecule has 156 valence electrons. The molecule has 0 bridgehead atoms. The van der Waals surface area contributed by atoms with Crippen LogP contribution in [0.1, 0.15) is 23.2 Å². The van der Waals surface area contributed by atoms with Crippen LogP contribution in [-0.4, -0.2) is 45.0 Å². The number of aromatic nitrogens is 4. The molecule has 0 radical (unpaired) electrons. The maximum atomic E-state index is 13.6. The number of nitrogens with zero attached hydrogens (tertiary/aromatic N) is 5. The summed E-state index contributed by atoms with van der Waals surface area (Å²) in [4.78, 5) is 19.7. The summed E-state index contributed by atoms with van der Waals surface area (Å²) >= 11 is 6.42. The van der Waals surface area contributed by atoms with Crippen molar-refractivity contribution < 1.29 is 4.79 Å². The summed E-state index contributed by atoms with van der Waals surface area (Å²) < 4.78 is 1.77. The summed E-state index contributed by atoms with van der Waals surface area (Å²) in [5, 5.41) is 12.3. The third-order valence-corrected chi connectivity index (χ3v) is 5.83. The second-order valence-electron chi connectivity index (χ2n) is 7.52. The fraction of sp³-hybridized carbons (Fsp3) is 0.217. The van der Waals surface area contributed by atoms with Crippen molar-refractivity contribution in [2.24, 2.45) is 0 Å². The first-order valence-corrected chi connectivity index (χ1v) is 10.7. The molecule has 2 aromatic carbocycles. The number of nitrogens with one attached hydrogen (secondary N) is 1. The first kappa shape index (κ1) is 19.7. The van der Waals surface area contributed by atoms with Crippen LogP contribution in [0.3, 0.4) is 0 Å². The van der Waals surface area contributed by atoms with Gasteiger partial charge in [-0.15, -0.1) is 5.10 Å². The number of benzene rings is 2. The molecule has 1 N–H and O–H groups in total. The summed E-state index contributed by atoms with van der Waals surface area (Å²) in [7, 11) is 0. The molecule has 5 rings (SSSR count). The van der Waals surface area contributed by atoms with Gasteiger partial charge in [0.25, 0.3) is 5.91 Å². The Bertz CT molecular complexity index is 1220. The molecule has 1 amide bonds. The predicted molar refractivity (Wildman–Crippen MR) is 121 cm³/mol. The molecule has 2 aromatic heterocycles. The average molecular weight is 433 g/mol. The second kappa shape index (κ2) is 8.45. The lowest BCUT2D eigenvalue weighted by molar-refractivity contribution is 0.0971. The summed E-state index contributed by atoms with van der Waals surface area (Å²) in [6.07, 6.45) is 3.56. The molecule has 1 aliphatic rings. The normalized spacial score (nSPS) is 16.4. The van der Waals surface area contributed by atoms with Crippen LogP contribution in [-0.2, 0) is 0 Å². The highest BCUT2D eigenvalue weighted by Gasteiger charge is 2.30. The number of piperidine rings is 1. The minimum Gasteiger partial charge on any atom is -0.315 e. The molecular formula is C23H21ClN6O. The van der Waals surface area contributed by atoms with E-state index in [2.05, 4.69) is 20.6 Å². The topological polar surface area (TPSA) is 75.9 Å². The smallest absolute Gasteiger partial charge is 0.259 e. The van der Waals surface area contributed by atoms with Gasteiger partial charge in [0.05, 0.1) is 22.3 Å². The van der Waals surface area contributed by atoms with E-state index in [1.807, 2.05) is 48.5 Å². The van der Waals surface area contributed by atoms with E-state index in [0.29, 0.717) is 22.9 Å². The van der Waals surface area contributed by atoms with Gasteiger partial charge in [-0.05, 0) is 67.9 Å². The summed E-state index contributed by atoms with van der Waals surface area (Å²) in [6.45, 7) is 1.66. The van der Waals surface area contributed by atoms with Gasteiger partial charge in [0.1, 0.15) is 5.52 Å². The summed E-state index contributed by atoms with van der Waals surface area (Å²) in [5.41, 5.74) is 3.15. The molecule has 8 heteroatoms. The van der Waals surface area contributed by atoms with Gasteiger partial charge in [0, 0.05) is 18.3 Å². The zero-order valence-corrected chi connectivity index (χ0v) is 17.5. The van der Waals surface area contributed by atoms with Crippen molar-refractivity contribution in [3.8, 4) is 5.69 Å². The monoisotopic (exact) mass is 432 g/mol. The quantitative estimate of drug-likeness (QED) is 0.529. The largest absolute Gasteiger partial charge is 0.315 e. The second-order valence-corrected chi connectivity index (χ2v) is 7.93. The number of hydrogen-bond acceptors (Lipinski definition) is 5. The Morgan fingerprint density at radius 2 is 1.94 bits per heavy atom. The summed E-state index contributed by atoms with van der Waals surface area (Å²) in [5.74, 6) is 0.374. The average Bonchev–Trinajstić information content (AvgIpc) is 3.25. The van der Waals surface area contributed by atoms with E-state index < -0.39 is 0 Å². The summed E-state index contributed by atoms with van der Waals surface area (Å²) in [6, 6.07) is 18.7. The highest BCUT2D eigenvalue weighted by atomic mass is 35.5. The lowest BCUT2D eigenvalue weighted by atomic mass is 10.0. The van der Waals surface area contributed by atoms with Crippen molar-refractivity contribution in [1.82, 2.24) is 25.3 Å². The number of carbonyl (C=O) groups excluding carboxylic acids is 1. The van der Waals surface area contributed by atoms with E-state index in [-0.39, 0.29) is 11.9 Å². The Morgan fingerprint density at radius 3 is 2.71 bits per heavy atom. The third kappa shape index (κ3) is 3.78. The molecule has 0 spiro atoms. The molecule has 1 atom stereocenters. The molecule has 1 fully saturated rings. The van der Waals surface area contributed by atoms with Crippen molar-refractivity contribution in [2.75, 3.05) is 18.0 Å². The van der Waals surface area contributed by atoms with E-state index >= 15 is 0 Å². The number of carbonyl (C=O) groups is 1. The van der Waals surface area contributed by atoms with E-state index in [9.17, 15) is 4.79 Å². The first-order chi connectivity index (χ1) is 15.2. The van der Waals surface area contributed by atoms with Crippen molar-refractivity contribution in [2.45, 2.75) is 18.9 Å². The van der Waals surface area contributed by atoms with Gasteiger partial charge in [-0.3, -0.25) is 9.69 Å². The molecule has 0 aliphatic carbocycles. The number of rotatable bonds is 4. The molecule has 1 aliphatic heterocycles. The molecular weight excluding hydrogens is 412 g/mol. The minimum absolute atomic E-state index is 0.00687. The number of fused-ring (bicyclic) bond motifs is 1. The minimum atomic E-state index is -0.121. The van der Waals surface area contributed by atoms with Crippen LogP contribution in [0.4, 0.5) is 5.82 Å². The van der Waals surface area contributed by atoms with Gasteiger partial charge >= 0.3 is 0 Å². The molecule has 0 unspecified atom stereocenters.